The number of methoxy groups -OCH3 is 2. The monoisotopic (exact) mass is 386 g/mol. The Morgan fingerprint density at radius 2 is 1.93 bits per heavy atom. The normalized spacial score (nSPS) is 10.5. The Balaban J connectivity index is 1.78. The molecule has 0 aliphatic rings. The first-order valence-corrected chi connectivity index (χ1v) is 8.59. The van der Waals surface area contributed by atoms with E-state index in [4.69, 9.17) is 25.6 Å². The second kappa shape index (κ2) is 8.14. The molecule has 0 bridgehead atoms. The Morgan fingerprint density at radius 1 is 1.15 bits per heavy atom. The predicted octanol–water partition coefficient (Wildman–Crippen LogP) is 4.28. The van der Waals surface area contributed by atoms with Crippen LogP contribution in [0.1, 0.15) is 16.1 Å². The van der Waals surface area contributed by atoms with Gasteiger partial charge in [0.05, 0.1) is 36.9 Å². The number of halogens is 1. The molecule has 0 aliphatic heterocycles. The highest BCUT2D eigenvalue weighted by Gasteiger charge is 2.18. The van der Waals surface area contributed by atoms with Gasteiger partial charge in [0.1, 0.15) is 17.2 Å². The zero-order valence-corrected chi connectivity index (χ0v) is 16.0. The molecule has 0 N–H and O–H groups in total. The molecule has 27 heavy (non-hydrogen) atoms. The van der Waals surface area contributed by atoms with Crippen molar-refractivity contribution in [3.05, 3.63) is 64.8 Å². The topological polar surface area (TPSA) is 64.8 Å². The molecule has 7 heteroatoms. The maximum atomic E-state index is 12.6. The molecule has 1 aromatic heterocycles. The van der Waals surface area contributed by atoms with Gasteiger partial charge in [-0.3, -0.25) is 4.79 Å². The zero-order chi connectivity index (χ0) is 19.4. The summed E-state index contributed by atoms with van der Waals surface area (Å²) in [5, 5.41) is 4.48. The minimum atomic E-state index is -0.188. The molecule has 0 fully saturated rings. The van der Waals surface area contributed by atoms with Crippen LogP contribution in [0, 0.1) is 0 Å². The van der Waals surface area contributed by atoms with Gasteiger partial charge in [0, 0.05) is 19.2 Å². The second-order valence-electron chi connectivity index (χ2n) is 5.89. The molecule has 0 saturated heterocycles. The van der Waals surface area contributed by atoms with E-state index in [9.17, 15) is 4.79 Å². The molecule has 2 aromatic carbocycles. The first-order chi connectivity index (χ1) is 13.0. The number of ether oxygens (including phenoxy) is 2. The van der Waals surface area contributed by atoms with E-state index in [2.05, 4.69) is 5.16 Å². The zero-order valence-electron chi connectivity index (χ0n) is 15.2. The molecule has 1 amide bonds. The van der Waals surface area contributed by atoms with Gasteiger partial charge < -0.3 is 18.9 Å². The molecule has 140 valence electrons. The van der Waals surface area contributed by atoms with Crippen LogP contribution in [0.15, 0.2) is 53.1 Å². The number of hydrogen-bond acceptors (Lipinski definition) is 5. The van der Waals surface area contributed by atoms with E-state index in [0.717, 1.165) is 5.56 Å². The lowest BCUT2D eigenvalue weighted by molar-refractivity contribution is 0.0782. The molecule has 3 aromatic rings. The number of rotatable bonds is 6. The van der Waals surface area contributed by atoms with Gasteiger partial charge in [-0.05, 0) is 24.3 Å². The van der Waals surface area contributed by atoms with Crippen LogP contribution in [-0.4, -0.2) is 37.2 Å². The minimum absolute atomic E-state index is 0.188. The highest BCUT2D eigenvalue weighted by molar-refractivity contribution is 6.33. The Hall–Kier alpha value is -2.99. The van der Waals surface area contributed by atoms with Crippen LogP contribution in [0.5, 0.6) is 11.5 Å². The van der Waals surface area contributed by atoms with Crippen LogP contribution < -0.4 is 9.47 Å². The lowest BCUT2D eigenvalue weighted by Gasteiger charge is -2.16. The van der Waals surface area contributed by atoms with Crippen molar-refractivity contribution < 1.29 is 18.8 Å². The number of nitrogens with zero attached hydrogens (tertiary/aromatic N) is 2. The van der Waals surface area contributed by atoms with Crippen LogP contribution in [0.4, 0.5) is 0 Å². The quantitative estimate of drug-likeness (QED) is 0.632. The van der Waals surface area contributed by atoms with Gasteiger partial charge in [-0.25, -0.2) is 0 Å². The first kappa shape index (κ1) is 18.8. The van der Waals surface area contributed by atoms with E-state index in [1.165, 1.54) is 4.90 Å². The van der Waals surface area contributed by atoms with Crippen molar-refractivity contribution >= 4 is 17.5 Å². The molecule has 0 spiro atoms. The largest absolute Gasteiger partial charge is 0.497 e. The fraction of sp³-hybridized carbons (Fsp3) is 0.200. The van der Waals surface area contributed by atoms with E-state index in [1.807, 2.05) is 12.1 Å². The van der Waals surface area contributed by atoms with E-state index >= 15 is 0 Å². The highest BCUT2D eigenvalue weighted by atomic mass is 35.5. The molecule has 0 saturated carbocycles. The van der Waals surface area contributed by atoms with Gasteiger partial charge in [-0.2, -0.15) is 0 Å². The van der Waals surface area contributed by atoms with Gasteiger partial charge >= 0.3 is 0 Å². The maximum absolute atomic E-state index is 12.6. The average molecular weight is 387 g/mol. The third-order valence-corrected chi connectivity index (χ3v) is 4.41. The standard InChI is InChI=1S/C20H19ClN2O4/c1-23(20(24)15-6-4-5-7-17(15)21)12-13-10-19(27-22-13)16-9-8-14(25-2)11-18(16)26-3/h4-11H,12H2,1-3H3. The van der Waals surface area contributed by atoms with Crippen molar-refractivity contribution in [2.24, 2.45) is 0 Å². The summed E-state index contributed by atoms with van der Waals surface area (Å²) in [6.45, 7) is 0.284. The third-order valence-electron chi connectivity index (χ3n) is 4.08. The van der Waals surface area contributed by atoms with Gasteiger partial charge in [-0.15, -0.1) is 0 Å². The minimum Gasteiger partial charge on any atom is -0.497 e. The summed E-state index contributed by atoms with van der Waals surface area (Å²) in [5.74, 6) is 1.65. The molecular weight excluding hydrogens is 368 g/mol. The Kier molecular flexibility index (Phi) is 5.66. The van der Waals surface area contributed by atoms with E-state index in [-0.39, 0.29) is 12.5 Å². The van der Waals surface area contributed by atoms with Crippen molar-refractivity contribution in [3.8, 4) is 22.8 Å². The predicted molar refractivity (Wildman–Crippen MR) is 102 cm³/mol. The fourth-order valence-corrected chi connectivity index (χ4v) is 2.89. The summed E-state index contributed by atoms with van der Waals surface area (Å²) in [7, 11) is 4.85. The van der Waals surface area contributed by atoms with Gasteiger partial charge in [0.15, 0.2) is 5.76 Å². The summed E-state index contributed by atoms with van der Waals surface area (Å²) in [6.07, 6.45) is 0. The number of carbonyl (C=O) groups is 1. The smallest absolute Gasteiger partial charge is 0.255 e. The molecule has 1 heterocycles. The van der Waals surface area contributed by atoms with Crippen molar-refractivity contribution in [1.29, 1.82) is 0 Å². The number of amides is 1. The van der Waals surface area contributed by atoms with E-state index in [0.29, 0.717) is 33.5 Å². The van der Waals surface area contributed by atoms with Crippen LogP contribution in [0.2, 0.25) is 5.02 Å². The van der Waals surface area contributed by atoms with Crippen molar-refractivity contribution in [1.82, 2.24) is 10.1 Å². The van der Waals surface area contributed by atoms with Crippen molar-refractivity contribution in [2.75, 3.05) is 21.3 Å². The number of carbonyl (C=O) groups excluding carboxylic acids is 1. The molecule has 0 aliphatic carbocycles. The lowest BCUT2D eigenvalue weighted by atomic mass is 10.1. The molecule has 0 unspecified atom stereocenters. The van der Waals surface area contributed by atoms with Crippen LogP contribution >= 0.6 is 11.6 Å². The lowest BCUT2D eigenvalue weighted by Crippen LogP contribution is -2.26. The molecule has 0 radical (unpaired) electrons. The summed E-state index contributed by atoms with van der Waals surface area (Å²) in [6, 6.07) is 14.1. The third kappa shape index (κ3) is 4.06. The SMILES string of the molecule is COc1ccc(-c2cc(CN(C)C(=O)c3ccccc3Cl)no2)c(OC)c1. The average Bonchev–Trinajstić information content (AvgIpc) is 3.15. The fourth-order valence-electron chi connectivity index (χ4n) is 2.67. The summed E-state index contributed by atoms with van der Waals surface area (Å²) < 4.78 is 16.0. The van der Waals surface area contributed by atoms with Crippen LogP contribution in [0.25, 0.3) is 11.3 Å². The summed E-state index contributed by atoms with van der Waals surface area (Å²) in [5.41, 5.74) is 1.81. The number of benzene rings is 2. The molecular formula is C20H19ClN2O4. The van der Waals surface area contributed by atoms with Crippen molar-refractivity contribution in [3.63, 3.8) is 0 Å². The van der Waals surface area contributed by atoms with Gasteiger partial charge in [-0.1, -0.05) is 28.9 Å². The second-order valence-corrected chi connectivity index (χ2v) is 6.30. The summed E-state index contributed by atoms with van der Waals surface area (Å²) >= 11 is 6.10. The van der Waals surface area contributed by atoms with Crippen LogP contribution in [-0.2, 0) is 6.54 Å². The van der Waals surface area contributed by atoms with Gasteiger partial charge in [0.25, 0.3) is 5.91 Å². The Labute approximate surface area is 162 Å². The summed E-state index contributed by atoms with van der Waals surface area (Å²) in [4.78, 5) is 14.1. The maximum Gasteiger partial charge on any atom is 0.255 e. The van der Waals surface area contributed by atoms with Gasteiger partial charge in [0.2, 0.25) is 0 Å². The Morgan fingerprint density at radius 3 is 2.63 bits per heavy atom. The highest BCUT2D eigenvalue weighted by Crippen LogP contribution is 2.33. The molecule has 0 atom stereocenters. The number of aromatic nitrogens is 1. The van der Waals surface area contributed by atoms with E-state index < -0.39 is 0 Å². The molecule has 3 rings (SSSR count). The first-order valence-electron chi connectivity index (χ1n) is 8.21. The Bertz CT molecular complexity index is 955. The van der Waals surface area contributed by atoms with E-state index in [1.54, 1.807) is 57.7 Å². The van der Waals surface area contributed by atoms with Crippen LogP contribution in [0.3, 0.4) is 0 Å². The molecule has 6 nitrogen and oxygen atoms in total. The number of hydrogen-bond donors (Lipinski definition) is 0. The van der Waals surface area contributed by atoms with Crippen molar-refractivity contribution in [2.45, 2.75) is 6.54 Å².